The molecule has 1 unspecified atom stereocenters. The molecule has 0 bridgehead atoms. The second-order valence-corrected chi connectivity index (χ2v) is 3.74. The van der Waals surface area contributed by atoms with E-state index < -0.39 is 0 Å². The van der Waals surface area contributed by atoms with E-state index in [9.17, 15) is 5.11 Å². The highest BCUT2D eigenvalue weighted by Gasteiger charge is 2.11. The van der Waals surface area contributed by atoms with Crippen LogP contribution in [0.25, 0.3) is 0 Å². The number of rotatable bonds is 3. The summed E-state index contributed by atoms with van der Waals surface area (Å²) in [5.74, 6) is 0. The van der Waals surface area contributed by atoms with E-state index in [1.165, 1.54) is 5.56 Å². The maximum atomic E-state index is 9.99. The summed E-state index contributed by atoms with van der Waals surface area (Å²) >= 11 is 0. The van der Waals surface area contributed by atoms with Crippen LogP contribution >= 0.6 is 0 Å². The van der Waals surface area contributed by atoms with E-state index in [4.69, 9.17) is 0 Å². The third-order valence-electron chi connectivity index (χ3n) is 2.57. The normalized spacial score (nSPS) is 17.3. The lowest BCUT2D eigenvalue weighted by molar-refractivity contribution is 0.212. The first-order valence-corrected chi connectivity index (χ1v) is 5.28. The van der Waals surface area contributed by atoms with Gasteiger partial charge in [-0.05, 0) is 24.0 Å². The molecule has 0 aliphatic heterocycles. The summed E-state index contributed by atoms with van der Waals surface area (Å²) in [5, 5.41) is 9.99. The Balaban J connectivity index is 2.00. The fourth-order valence-electron chi connectivity index (χ4n) is 1.73. The first-order chi connectivity index (χ1) is 7.36. The molecule has 0 amide bonds. The molecular weight excluding hydrogens is 184 g/mol. The zero-order chi connectivity index (χ0) is 10.5. The average Bonchev–Trinajstić information content (AvgIpc) is 2.31. The van der Waals surface area contributed by atoms with Crippen molar-refractivity contribution in [2.45, 2.75) is 18.9 Å². The lowest BCUT2D eigenvalue weighted by Gasteiger charge is -2.15. The van der Waals surface area contributed by atoms with Crippen LogP contribution in [0.1, 0.15) is 12.0 Å². The Morgan fingerprint density at radius 3 is 2.67 bits per heavy atom. The minimum absolute atomic E-state index is 0.377. The molecule has 0 saturated carbocycles. The molecule has 1 atom stereocenters. The quantitative estimate of drug-likeness (QED) is 0.793. The van der Waals surface area contributed by atoms with Crippen molar-refractivity contribution in [1.82, 2.24) is 0 Å². The summed E-state index contributed by atoms with van der Waals surface area (Å²) in [6.07, 6.45) is 9.39. The minimum atomic E-state index is -0.377. The van der Waals surface area contributed by atoms with Crippen LogP contribution in [0.3, 0.4) is 0 Å². The molecule has 1 N–H and O–H groups in total. The van der Waals surface area contributed by atoms with E-state index >= 15 is 0 Å². The number of hydrogen-bond donors (Lipinski definition) is 1. The van der Waals surface area contributed by atoms with E-state index in [1.807, 2.05) is 42.5 Å². The van der Waals surface area contributed by atoms with Gasteiger partial charge in [0.15, 0.2) is 0 Å². The van der Waals surface area contributed by atoms with Crippen molar-refractivity contribution in [3.63, 3.8) is 0 Å². The summed E-state index contributed by atoms with van der Waals surface area (Å²) < 4.78 is 0. The third-order valence-corrected chi connectivity index (χ3v) is 2.57. The fourth-order valence-corrected chi connectivity index (χ4v) is 1.73. The van der Waals surface area contributed by atoms with Gasteiger partial charge in [0.2, 0.25) is 0 Å². The summed E-state index contributed by atoms with van der Waals surface area (Å²) in [6.45, 7) is 0. The van der Waals surface area contributed by atoms with Gasteiger partial charge in [0.25, 0.3) is 0 Å². The second kappa shape index (κ2) is 4.94. The van der Waals surface area contributed by atoms with Crippen molar-refractivity contribution < 1.29 is 5.11 Å². The average molecular weight is 199 g/mol. The number of allylic oxidation sites excluding steroid dienone is 3. The predicted octanol–water partition coefficient (Wildman–Crippen LogP) is 2.68. The molecule has 2 rings (SSSR count). The van der Waals surface area contributed by atoms with E-state index in [2.05, 4.69) is 12.5 Å². The van der Waals surface area contributed by atoms with Gasteiger partial charge in [-0.2, -0.15) is 0 Å². The SMILES string of the molecule is OC(Cc1ccccc1)C1=CC=CC[CH]1. The van der Waals surface area contributed by atoms with Crippen molar-refractivity contribution in [3.8, 4) is 0 Å². The van der Waals surface area contributed by atoms with Crippen LogP contribution in [0.15, 0.2) is 54.1 Å². The van der Waals surface area contributed by atoms with E-state index in [1.54, 1.807) is 0 Å². The van der Waals surface area contributed by atoms with Gasteiger partial charge in [0.1, 0.15) is 0 Å². The molecule has 0 aromatic heterocycles. The molecule has 0 spiro atoms. The molecule has 0 saturated heterocycles. The molecule has 1 aromatic carbocycles. The van der Waals surface area contributed by atoms with Gasteiger partial charge in [-0.15, -0.1) is 0 Å². The second-order valence-electron chi connectivity index (χ2n) is 3.74. The fraction of sp³-hybridized carbons (Fsp3) is 0.214. The number of hydrogen-bond acceptors (Lipinski definition) is 1. The van der Waals surface area contributed by atoms with Crippen molar-refractivity contribution in [3.05, 3.63) is 66.1 Å². The number of aliphatic hydroxyl groups excluding tert-OH is 1. The van der Waals surface area contributed by atoms with Crippen molar-refractivity contribution >= 4 is 0 Å². The Bertz CT molecular complexity index is 362. The number of benzene rings is 1. The van der Waals surface area contributed by atoms with Crippen molar-refractivity contribution in [2.24, 2.45) is 0 Å². The Morgan fingerprint density at radius 2 is 2.00 bits per heavy atom. The van der Waals surface area contributed by atoms with Crippen LogP contribution in [0.2, 0.25) is 0 Å². The molecule has 1 heteroatoms. The molecule has 1 aliphatic rings. The third kappa shape index (κ3) is 2.80. The van der Waals surface area contributed by atoms with Gasteiger partial charge in [-0.3, -0.25) is 0 Å². The highest BCUT2D eigenvalue weighted by atomic mass is 16.3. The lowest BCUT2D eigenvalue weighted by Crippen LogP contribution is -2.15. The first kappa shape index (κ1) is 10.2. The van der Waals surface area contributed by atoms with Crippen LogP contribution in [0, 0.1) is 6.42 Å². The molecule has 1 nitrogen and oxygen atoms in total. The van der Waals surface area contributed by atoms with Crippen molar-refractivity contribution in [1.29, 1.82) is 0 Å². The Morgan fingerprint density at radius 1 is 1.20 bits per heavy atom. The molecule has 1 radical (unpaired) electrons. The van der Waals surface area contributed by atoms with Crippen LogP contribution in [0.5, 0.6) is 0 Å². The van der Waals surface area contributed by atoms with Crippen LogP contribution in [-0.2, 0) is 6.42 Å². The summed E-state index contributed by atoms with van der Waals surface area (Å²) in [7, 11) is 0. The zero-order valence-electron chi connectivity index (χ0n) is 8.63. The van der Waals surface area contributed by atoms with Crippen LogP contribution < -0.4 is 0 Å². The minimum Gasteiger partial charge on any atom is -0.388 e. The molecule has 1 aromatic rings. The Labute approximate surface area is 90.8 Å². The summed E-state index contributed by atoms with van der Waals surface area (Å²) in [5.41, 5.74) is 2.20. The van der Waals surface area contributed by atoms with Gasteiger partial charge in [0, 0.05) is 6.42 Å². The molecular formula is C14H15O. The van der Waals surface area contributed by atoms with Crippen LogP contribution in [-0.4, -0.2) is 11.2 Å². The highest BCUT2D eigenvalue weighted by Crippen LogP contribution is 2.17. The van der Waals surface area contributed by atoms with Crippen molar-refractivity contribution in [2.75, 3.05) is 0 Å². The molecule has 0 heterocycles. The van der Waals surface area contributed by atoms with E-state index in [-0.39, 0.29) is 6.10 Å². The van der Waals surface area contributed by atoms with Gasteiger partial charge < -0.3 is 5.11 Å². The van der Waals surface area contributed by atoms with E-state index in [0.717, 1.165) is 12.0 Å². The largest absolute Gasteiger partial charge is 0.388 e. The van der Waals surface area contributed by atoms with Gasteiger partial charge in [-0.25, -0.2) is 0 Å². The Kier molecular flexibility index (Phi) is 3.36. The first-order valence-electron chi connectivity index (χ1n) is 5.28. The van der Waals surface area contributed by atoms with Gasteiger partial charge in [-0.1, -0.05) is 48.6 Å². The molecule has 0 fully saturated rings. The highest BCUT2D eigenvalue weighted by molar-refractivity contribution is 5.30. The van der Waals surface area contributed by atoms with Gasteiger partial charge in [0.05, 0.1) is 6.10 Å². The monoisotopic (exact) mass is 199 g/mol. The molecule has 77 valence electrons. The maximum Gasteiger partial charge on any atom is 0.0796 e. The zero-order valence-corrected chi connectivity index (χ0v) is 8.63. The van der Waals surface area contributed by atoms with Crippen LogP contribution in [0.4, 0.5) is 0 Å². The predicted molar refractivity (Wildman–Crippen MR) is 62.3 cm³/mol. The standard InChI is InChI=1S/C14H15O/c15-14(13-9-5-2-6-10-13)11-12-7-3-1-4-8-12/h1-5,7-10,14-15H,6,11H2. The van der Waals surface area contributed by atoms with E-state index in [0.29, 0.717) is 6.42 Å². The summed E-state index contributed by atoms with van der Waals surface area (Å²) in [6, 6.07) is 10.1. The molecule has 15 heavy (non-hydrogen) atoms. The lowest BCUT2D eigenvalue weighted by atomic mass is 9.95. The smallest absolute Gasteiger partial charge is 0.0796 e. The summed E-state index contributed by atoms with van der Waals surface area (Å²) in [4.78, 5) is 0. The van der Waals surface area contributed by atoms with Gasteiger partial charge >= 0.3 is 0 Å². The maximum absolute atomic E-state index is 9.99. The molecule has 1 aliphatic carbocycles. The number of aliphatic hydroxyl groups is 1. The topological polar surface area (TPSA) is 20.2 Å². The Hall–Kier alpha value is -1.34.